The number of aromatic hydroxyl groups is 1. The van der Waals surface area contributed by atoms with E-state index in [0.29, 0.717) is 11.1 Å². The van der Waals surface area contributed by atoms with Crippen LogP contribution in [0.5, 0.6) is 5.75 Å². The van der Waals surface area contributed by atoms with E-state index in [1.807, 2.05) is 24.4 Å². The fourth-order valence-electron chi connectivity index (χ4n) is 2.04. The number of aryl methyl sites for hydroxylation is 1. The van der Waals surface area contributed by atoms with E-state index < -0.39 is 0 Å². The Morgan fingerprint density at radius 2 is 2.11 bits per heavy atom. The molecule has 18 heavy (non-hydrogen) atoms. The molecule has 2 heterocycles. The highest BCUT2D eigenvalue weighted by Crippen LogP contribution is 2.30. The number of rotatable bonds is 1. The average Bonchev–Trinajstić information content (AvgIpc) is 2.84. The van der Waals surface area contributed by atoms with E-state index in [4.69, 9.17) is 4.42 Å². The zero-order chi connectivity index (χ0) is 12.7. The zero-order valence-electron chi connectivity index (χ0n) is 9.64. The fourth-order valence-corrected chi connectivity index (χ4v) is 2.86. The van der Waals surface area contributed by atoms with Gasteiger partial charge in [-0.05, 0) is 42.1 Å². The van der Waals surface area contributed by atoms with Gasteiger partial charge in [0.1, 0.15) is 11.3 Å². The number of thiophene rings is 1. The van der Waals surface area contributed by atoms with Gasteiger partial charge < -0.3 is 9.52 Å². The summed E-state index contributed by atoms with van der Waals surface area (Å²) < 4.78 is 5.29. The molecule has 0 unspecified atom stereocenters. The van der Waals surface area contributed by atoms with Gasteiger partial charge in [0.15, 0.2) is 0 Å². The van der Waals surface area contributed by atoms with Crippen molar-refractivity contribution in [2.45, 2.75) is 6.92 Å². The van der Waals surface area contributed by atoms with E-state index in [9.17, 15) is 9.90 Å². The van der Waals surface area contributed by atoms with E-state index in [1.54, 1.807) is 12.1 Å². The molecule has 0 saturated heterocycles. The van der Waals surface area contributed by atoms with Crippen molar-refractivity contribution < 1.29 is 9.52 Å². The maximum Gasteiger partial charge on any atom is 0.345 e. The number of benzene rings is 1. The monoisotopic (exact) mass is 258 g/mol. The summed E-state index contributed by atoms with van der Waals surface area (Å²) >= 11 is 1.49. The highest BCUT2D eigenvalue weighted by Gasteiger charge is 2.14. The third kappa shape index (κ3) is 1.62. The smallest absolute Gasteiger partial charge is 0.345 e. The Bertz CT molecular complexity index is 770. The Hall–Kier alpha value is -2.07. The molecule has 4 heteroatoms. The lowest BCUT2D eigenvalue weighted by Crippen LogP contribution is -2.04. The van der Waals surface area contributed by atoms with Gasteiger partial charge in [0.25, 0.3) is 0 Å². The van der Waals surface area contributed by atoms with Crippen molar-refractivity contribution in [1.82, 2.24) is 0 Å². The number of fused-ring (bicyclic) bond motifs is 1. The normalized spacial score (nSPS) is 10.9. The summed E-state index contributed by atoms with van der Waals surface area (Å²) in [7, 11) is 0. The van der Waals surface area contributed by atoms with Crippen LogP contribution in [0, 0.1) is 6.92 Å². The Labute approximate surface area is 107 Å². The highest BCUT2D eigenvalue weighted by molar-refractivity contribution is 7.13. The van der Waals surface area contributed by atoms with Crippen molar-refractivity contribution in [2.75, 3.05) is 0 Å². The summed E-state index contributed by atoms with van der Waals surface area (Å²) in [6.45, 7) is 1.87. The molecule has 0 aliphatic rings. The molecule has 1 N–H and O–H groups in total. The molecule has 0 radical (unpaired) electrons. The third-order valence-corrected chi connectivity index (χ3v) is 3.80. The standard InChI is InChI=1S/C14H10O3S/c1-8-10-7-9(15)4-5-11(10)17-14(16)13(8)12-3-2-6-18-12/h2-7,15H,1H3. The second-order valence-electron chi connectivity index (χ2n) is 4.05. The maximum atomic E-state index is 12.0. The van der Waals surface area contributed by atoms with Crippen molar-refractivity contribution >= 4 is 22.3 Å². The first kappa shape index (κ1) is 11.0. The molecule has 3 aromatic rings. The van der Waals surface area contributed by atoms with Crippen LogP contribution >= 0.6 is 11.3 Å². The van der Waals surface area contributed by atoms with Crippen LogP contribution in [0.25, 0.3) is 21.4 Å². The minimum atomic E-state index is -0.340. The van der Waals surface area contributed by atoms with Crippen molar-refractivity contribution in [3.63, 3.8) is 0 Å². The van der Waals surface area contributed by atoms with Crippen molar-refractivity contribution in [3.05, 3.63) is 51.7 Å². The predicted octanol–water partition coefficient (Wildman–Crippen LogP) is 3.54. The van der Waals surface area contributed by atoms with Gasteiger partial charge >= 0.3 is 5.63 Å². The number of phenols is 1. The first-order valence-electron chi connectivity index (χ1n) is 5.47. The van der Waals surface area contributed by atoms with E-state index in [0.717, 1.165) is 15.8 Å². The minimum absolute atomic E-state index is 0.163. The molecule has 1 aromatic carbocycles. The van der Waals surface area contributed by atoms with E-state index >= 15 is 0 Å². The first-order valence-corrected chi connectivity index (χ1v) is 6.35. The summed E-state index contributed by atoms with van der Waals surface area (Å²) in [6, 6.07) is 8.52. The number of hydrogen-bond acceptors (Lipinski definition) is 4. The predicted molar refractivity (Wildman–Crippen MR) is 72.2 cm³/mol. The van der Waals surface area contributed by atoms with Gasteiger partial charge in [0.2, 0.25) is 0 Å². The van der Waals surface area contributed by atoms with Crippen molar-refractivity contribution in [2.24, 2.45) is 0 Å². The Balaban J connectivity index is 2.43. The lowest BCUT2D eigenvalue weighted by molar-refractivity contribution is 0.475. The van der Waals surface area contributed by atoms with Crippen LogP contribution in [-0.2, 0) is 0 Å². The van der Waals surface area contributed by atoms with Crippen LogP contribution in [0.1, 0.15) is 5.56 Å². The van der Waals surface area contributed by atoms with Crippen LogP contribution < -0.4 is 5.63 Å². The molecule has 90 valence electrons. The molecule has 2 aromatic heterocycles. The van der Waals surface area contributed by atoms with Gasteiger partial charge in [-0.15, -0.1) is 11.3 Å². The van der Waals surface area contributed by atoms with Crippen LogP contribution in [-0.4, -0.2) is 5.11 Å². The van der Waals surface area contributed by atoms with Crippen LogP contribution in [0.4, 0.5) is 0 Å². The lowest BCUT2D eigenvalue weighted by Gasteiger charge is -2.06. The Morgan fingerprint density at radius 1 is 1.28 bits per heavy atom. The molecule has 0 saturated carbocycles. The lowest BCUT2D eigenvalue weighted by atomic mass is 10.0. The summed E-state index contributed by atoms with van der Waals surface area (Å²) in [5.41, 5.74) is 1.56. The highest BCUT2D eigenvalue weighted by atomic mass is 32.1. The van der Waals surface area contributed by atoms with E-state index in [2.05, 4.69) is 0 Å². The summed E-state index contributed by atoms with van der Waals surface area (Å²) in [5.74, 6) is 0.163. The molecule has 0 aliphatic heterocycles. The second-order valence-corrected chi connectivity index (χ2v) is 4.99. The molecule has 3 rings (SSSR count). The van der Waals surface area contributed by atoms with Gasteiger partial charge in [0, 0.05) is 10.3 Å². The molecule has 0 amide bonds. The largest absolute Gasteiger partial charge is 0.508 e. The molecular formula is C14H10O3S. The van der Waals surface area contributed by atoms with Crippen LogP contribution in [0.3, 0.4) is 0 Å². The molecule has 0 atom stereocenters. The zero-order valence-corrected chi connectivity index (χ0v) is 10.5. The van der Waals surface area contributed by atoms with Crippen molar-refractivity contribution in [1.29, 1.82) is 0 Å². The fraction of sp³-hybridized carbons (Fsp3) is 0.0714. The van der Waals surface area contributed by atoms with Gasteiger partial charge in [-0.25, -0.2) is 4.79 Å². The summed E-state index contributed by atoms with van der Waals surface area (Å²) in [4.78, 5) is 12.9. The number of hydrogen-bond donors (Lipinski definition) is 1. The molecule has 3 nitrogen and oxygen atoms in total. The van der Waals surface area contributed by atoms with Crippen LogP contribution in [0.15, 0.2) is 44.9 Å². The first-order chi connectivity index (χ1) is 8.66. The summed E-state index contributed by atoms with van der Waals surface area (Å²) in [5, 5.41) is 12.2. The van der Waals surface area contributed by atoms with Gasteiger partial charge in [-0.2, -0.15) is 0 Å². The Kier molecular flexibility index (Phi) is 2.45. The van der Waals surface area contributed by atoms with Gasteiger partial charge in [-0.3, -0.25) is 0 Å². The topological polar surface area (TPSA) is 50.4 Å². The quantitative estimate of drug-likeness (QED) is 0.679. The molecular weight excluding hydrogens is 248 g/mol. The molecule has 0 aliphatic carbocycles. The molecule has 0 bridgehead atoms. The minimum Gasteiger partial charge on any atom is -0.508 e. The van der Waals surface area contributed by atoms with E-state index in [1.165, 1.54) is 17.4 Å². The van der Waals surface area contributed by atoms with Crippen LogP contribution in [0.2, 0.25) is 0 Å². The van der Waals surface area contributed by atoms with Gasteiger partial charge in [0.05, 0.1) is 5.56 Å². The summed E-state index contributed by atoms with van der Waals surface area (Å²) in [6.07, 6.45) is 0. The third-order valence-electron chi connectivity index (χ3n) is 2.92. The molecule has 0 fully saturated rings. The number of phenolic OH excluding ortho intramolecular Hbond substituents is 1. The van der Waals surface area contributed by atoms with Crippen molar-refractivity contribution in [3.8, 4) is 16.2 Å². The SMILES string of the molecule is Cc1c(-c2cccs2)c(=O)oc2ccc(O)cc12. The maximum absolute atomic E-state index is 12.0. The van der Waals surface area contributed by atoms with Gasteiger partial charge in [-0.1, -0.05) is 6.07 Å². The average molecular weight is 258 g/mol. The second kappa shape index (κ2) is 3.99. The molecule has 0 spiro atoms. The Morgan fingerprint density at radius 3 is 2.83 bits per heavy atom. The van der Waals surface area contributed by atoms with E-state index in [-0.39, 0.29) is 11.4 Å².